The van der Waals surface area contributed by atoms with Crippen LogP contribution in [-0.2, 0) is 14.8 Å². The van der Waals surface area contributed by atoms with Crippen molar-refractivity contribution in [3.8, 4) is 0 Å². The number of hydrogen-bond acceptors (Lipinski definition) is 4. The normalized spacial score (nSPS) is 15.9. The number of nitrogens with one attached hydrogen (secondary N) is 2. The standard InChI is InChI=1S/C12H23N3O5S/c1-2-14-21(19,20)8-7-13-12(18)15(9-11(16)17)10-5-3-4-6-10/h10,14H,2-9H2,1H3,(H,13,18)(H,16,17). The number of carboxylic acids is 1. The molecule has 0 aromatic carbocycles. The van der Waals surface area contributed by atoms with Crippen molar-refractivity contribution in [2.45, 2.75) is 38.6 Å². The summed E-state index contributed by atoms with van der Waals surface area (Å²) in [6.45, 7) is 1.56. The van der Waals surface area contributed by atoms with Gasteiger partial charge in [0.2, 0.25) is 10.0 Å². The van der Waals surface area contributed by atoms with Crippen molar-refractivity contribution >= 4 is 22.0 Å². The van der Waals surface area contributed by atoms with Crippen LogP contribution in [-0.4, -0.2) is 61.9 Å². The molecule has 0 aromatic rings. The molecule has 3 N–H and O–H groups in total. The fourth-order valence-electron chi connectivity index (χ4n) is 2.41. The second kappa shape index (κ2) is 8.18. The van der Waals surface area contributed by atoms with Gasteiger partial charge in [-0.25, -0.2) is 17.9 Å². The Bertz CT molecular complexity index is 460. The van der Waals surface area contributed by atoms with Gasteiger partial charge in [-0.2, -0.15) is 0 Å². The molecule has 1 saturated carbocycles. The van der Waals surface area contributed by atoms with Gasteiger partial charge in [0.25, 0.3) is 0 Å². The average molecular weight is 321 g/mol. The Labute approximate surface area is 124 Å². The molecular formula is C12H23N3O5S. The Morgan fingerprint density at radius 3 is 2.43 bits per heavy atom. The molecule has 122 valence electrons. The molecule has 1 aliphatic rings. The van der Waals surface area contributed by atoms with Crippen LogP contribution < -0.4 is 10.0 Å². The molecule has 0 unspecified atom stereocenters. The number of sulfonamides is 1. The number of carbonyl (C=O) groups excluding carboxylic acids is 1. The van der Waals surface area contributed by atoms with Crippen molar-refractivity contribution in [2.24, 2.45) is 0 Å². The lowest BCUT2D eigenvalue weighted by atomic mass is 10.2. The maximum Gasteiger partial charge on any atom is 0.323 e. The third kappa shape index (κ3) is 6.30. The van der Waals surface area contributed by atoms with Crippen LogP contribution in [0.25, 0.3) is 0 Å². The Kier molecular flexibility index (Phi) is 6.90. The van der Waals surface area contributed by atoms with E-state index in [9.17, 15) is 18.0 Å². The van der Waals surface area contributed by atoms with E-state index < -0.39 is 22.0 Å². The van der Waals surface area contributed by atoms with E-state index in [2.05, 4.69) is 10.0 Å². The van der Waals surface area contributed by atoms with Crippen LogP contribution in [0.5, 0.6) is 0 Å². The highest BCUT2D eigenvalue weighted by Crippen LogP contribution is 2.23. The second-order valence-corrected chi connectivity index (χ2v) is 6.94. The lowest BCUT2D eigenvalue weighted by Gasteiger charge is -2.27. The molecule has 0 spiro atoms. The Morgan fingerprint density at radius 2 is 1.90 bits per heavy atom. The van der Waals surface area contributed by atoms with Crippen molar-refractivity contribution < 1.29 is 23.1 Å². The summed E-state index contributed by atoms with van der Waals surface area (Å²) in [5.74, 6) is -1.30. The van der Waals surface area contributed by atoms with E-state index >= 15 is 0 Å². The van der Waals surface area contributed by atoms with Crippen LogP contribution in [0.15, 0.2) is 0 Å². The summed E-state index contributed by atoms with van der Waals surface area (Å²) in [6, 6.07) is -0.595. The number of amides is 2. The molecule has 0 bridgehead atoms. The highest BCUT2D eigenvalue weighted by molar-refractivity contribution is 7.89. The highest BCUT2D eigenvalue weighted by Gasteiger charge is 2.28. The molecule has 9 heteroatoms. The Hall–Kier alpha value is -1.35. The highest BCUT2D eigenvalue weighted by atomic mass is 32.2. The third-order valence-corrected chi connectivity index (χ3v) is 4.81. The molecule has 1 rings (SSSR count). The van der Waals surface area contributed by atoms with Crippen LogP contribution >= 0.6 is 0 Å². The van der Waals surface area contributed by atoms with Gasteiger partial charge in [0.15, 0.2) is 0 Å². The first-order chi connectivity index (χ1) is 9.85. The fraction of sp³-hybridized carbons (Fsp3) is 0.833. The summed E-state index contributed by atoms with van der Waals surface area (Å²) in [6.07, 6.45) is 3.53. The average Bonchev–Trinajstić information content (AvgIpc) is 2.88. The lowest BCUT2D eigenvalue weighted by Crippen LogP contribution is -2.48. The minimum Gasteiger partial charge on any atom is -0.480 e. The first kappa shape index (κ1) is 17.7. The molecule has 21 heavy (non-hydrogen) atoms. The fourth-order valence-corrected chi connectivity index (χ4v) is 3.37. The van der Waals surface area contributed by atoms with Gasteiger partial charge >= 0.3 is 12.0 Å². The Balaban J connectivity index is 2.50. The number of urea groups is 1. The van der Waals surface area contributed by atoms with Crippen molar-refractivity contribution in [1.29, 1.82) is 0 Å². The van der Waals surface area contributed by atoms with E-state index in [1.165, 1.54) is 4.90 Å². The predicted molar refractivity (Wildman–Crippen MR) is 77.5 cm³/mol. The van der Waals surface area contributed by atoms with Crippen molar-refractivity contribution in [2.75, 3.05) is 25.4 Å². The molecule has 0 atom stereocenters. The zero-order chi connectivity index (χ0) is 15.9. The first-order valence-corrected chi connectivity index (χ1v) is 8.74. The minimum absolute atomic E-state index is 0.0446. The number of nitrogens with zero attached hydrogens (tertiary/aromatic N) is 1. The zero-order valence-corrected chi connectivity index (χ0v) is 13.0. The molecule has 0 heterocycles. The maximum atomic E-state index is 12.0. The van der Waals surface area contributed by atoms with E-state index in [0.29, 0.717) is 6.54 Å². The van der Waals surface area contributed by atoms with Gasteiger partial charge < -0.3 is 15.3 Å². The maximum absolute atomic E-state index is 12.0. The van der Waals surface area contributed by atoms with Crippen molar-refractivity contribution in [3.05, 3.63) is 0 Å². The monoisotopic (exact) mass is 321 g/mol. The predicted octanol–water partition coefficient (Wildman–Crippen LogP) is -0.0355. The van der Waals surface area contributed by atoms with Gasteiger partial charge in [-0.3, -0.25) is 4.79 Å². The van der Waals surface area contributed by atoms with Crippen LogP contribution in [0.1, 0.15) is 32.6 Å². The van der Waals surface area contributed by atoms with Gasteiger partial charge in [-0.05, 0) is 12.8 Å². The minimum atomic E-state index is -3.39. The zero-order valence-electron chi connectivity index (χ0n) is 12.2. The molecule has 0 radical (unpaired) electrons. The van der Waals surface area contributed by atoms with Gasteiger partial charge in [0, 0.05) is 19.1 Å². The molecule has 2 amide bonds. The molecule has 8 nitrogen and oxygen atoms in total. The van der Waals surface area contributed by atoms with Crippen molar-refractivity contribution in [3.63, 3.8) is 0 Å². The number of carbonyl (C=O) groups is 2. The number of hydrogen-bond donors (Lipinski definition) is 3. The lowest BCUT2D eigenvalue weighted by molar-refractivity contribution is -0.138. The number of rotatable bonds is 8. The van der Waals surface area contributed by atoms with E-state index in [0.717, 1.165) is 25.7 Å². The van der Waals surface area contributed by atoms with Crippen LogP contribution in [0.2, 0.25) is 0 Å². The number of carboxylic acid groups (broad SMARTS) is 1. The third-order valence-electron chi connectivity index (χ3n) is 3.34. The molecule has 1 fully saturated rings. The summed E-state index contributed by atoms with van der Waals surface area (Å²) in [5.41, 5.74) is 0. The van der Waals surface area contributed by atoms with E-state index in [1.807, 2.05) is 0 Å². The molecule has 0 aliphatic heterocycles. The topological polar surface area (TPSA) is 116 Å². The largest absolute Gasteiger partial charge is 0.480 e. The quantitative estimate of drug-likeness (QED) is 0.580. The Morgan fingerprint density at radius 1 is 1.29 bits per heavy atom. The van der Waals surface area contributed by atoms with E-state index in [4.69, 9.17) is 5.11 Å². The number of aliphatic carboxylic acids is 1. The van der Waals surface area contributed by atoms with Gasteiger partial charge in [-0.1, -0.05) is 19.8 Å². The SMILES string of the molecule is CCNS(=O)(=O)CCNC(=O)N(CC(=O)O)C1CCCC1. The summed E-state index contributed by atoms with van der Waals surface area (Å²) in [5, 5.41) is 11.4. The second-order valence-electron chi connectivity index (χ2n) is 5.01. The van der Waals surface area contributed by atoms with Gasteiger partial charge in [0.05, 0.1) is 5.75 Å². The summed E-state index contributed by atoms with van der Waals surface area (Å²) in [4.78, 5) is 24.2. The first-order valence-electron chi connectivity index (χ1n) is 7.09. The van der Waals surface area contributed by atoms with E-state index in [-0.39, 0.29) is 24.9 Å². The summed E-state index contributed by atoms with van der Waals surface area (Å²) in [7, 11) is -3.39. The van der Waals surface area contributed by atoms with Crippen molar-refractivity contribution in [1.82, 2.24) is 14.9 Å². The molecule has 1 aliphatic carbocycles. The van der Waals surface area contributed by atoms with Gasteiger partial charge in [0.1, 0.15) is 6.54 Å². The summed E-state index contributed by atoms with van der Waals surface area (Å²) >= 11 is 0. The molecular weight excluding hydrogens is 298 g/mol. The molecule has 0 saturated heterocycles. The smallest absolute Gasteiger partial charge is 0.323 e. The van der Waals surface area contributed by atoms with Crippen LogP contribution in [0, 0.1) is 0 Å². The summed E-state index contributed by atoms with van der Waals surface area (Å²) < 4.78 is 25.2. The van der Waals surface area contributed by atoms with Gasteiger partial charge in [-0.15, -0.1) is 0 Å². The van der Waals surface area contributed by atoms with Crippen LogP contribution in [0.4, 0.5) is 4.79 Å². The van der Waals surface area contributed by atoms with E-state index in [1.54, 1.807) is 6.92 Å². The molecule has 0 aromatic heterocycles. The van der Waals surface area contributed by atoms with Crippen LogP contribution in [0.3, 0.4) is 0 Å².